The molecule has 7 nitrogen and oxygen atoms in total. The minimum atomic E-state index is -3.84. The lowest BCUT2D eigenvalue weighted by molar-refractivity contribution is 0.368. The number of halogens is 1. The standard InChI is InChI=1S/C17H16BrN5O2S/c1-12-5-7-16(8-6-12)26(24,25)23-15(11-20-22-19)10-17(21-23)13-3-2-4-14(18)9-13/h2-9,15H,10-11H2,1H3. The molecule has 1 heterocycles. The molecule has 0 N–H and O–H groups in total. The molecule has 3 rings (SSSR count). The van der Waals surface area contributed by atoms with Gasteiger partial charge in [-0.2, -0.15) is 17.9 Å². The van der Waals surface area contributed by atoms with Crippen molar-refractivity contribution in [3.8, 4) is 0 Å². The first-order chi connectivity index (χ1) is 12.4. The molecule has 0 spiro atoms. The Kier molecular flexibility index (Phi) is 5.31. The molecule has 9 heteroatoms. The summed E-state index contributed by atoms with van der Waals surface area (Å²) in [5, 5.41) is 7.92. The van der Waals surface area contributed by atoms with Crippen LogP contribution in [0.2, 0.25) is 0 Å². The van der Waals surface area contributed by atoms with E-state index in [0.29, 0.717) is 12.1 Å². The van der Waals surface area contributed by atoms with Crippen molar-refractivity contribution in [2.75, 3.05) is 6.54 Å². The van der Waals surface area contributed by atoms with Gasteiger partial charge in [0.2, 0.25) is 0 Å². The summed E-state index contributed by atoms with van der Waals surface area (Å²) in [5.41, 5.74) is 11.1. The summed E-state index contributed by atoms with van der Waals surface area (Å²) in [4.78, 5) is 2.92. The molecule has 26 heavy (non-hydrogen) atoms. The first-order valence-electron chi connectivity index (χ1n) is 7.87. The molecule has 0 radical (unpaired) electrons. The first-order valence-corrected chi connectivity index (χ1v) is 10.1. The smallest absolute Gasteiger partial charge is 0.200 e. The van der Waals surface area contributed by atoms with Crippen molar-refractivity contribution in [1.82, 2.24) is 4.41 Å². The summed E-state index contributed by atoms with van der Waals surface area (Å²) < 4.78 is 28.0. The Morgan fingerprint density at radius 2 is 2.04 bits per heavy atom. The predicted molar refractivity (Wildman–Crippen MR) is 103 cm³/mol. The molecule has 0 saturated heterocycles. The van der Waals surface area contributed by atoms with Gasteiger partial charge in [-0.05, 0) is 42.3 Å². The monoisotopic (exact) mass is 433 g/mol. The van der Waals surface area contributed by atoms with Gasteiger partial charge in [0.15, 0.2) is 0 Å². The fraction of sp³-hybridized carbons (Fsp3) is 0.235. The maximum atomic E-state index is 13.0. The van der Waals surface area contributed by atoms with Gasteiger partial charge in [-0.25, -0.2) is 0 Å². The highest BCUT2D eigenvalue weighted by atomic mass is 79.9. The maximum absolute atomic E-state index is 13.0. The molecule has 1 atom stereocenters. The van der Waals surface area contributed by atoms with Crippen molar-refractivity contribution in [2.45, 2.75) is 24.3 Å². The summed E-state index contributed by atoms with van der Waals surface area (Å²) in [6.07, 6.45) is 0.376. The summed E-state index contributed by atoms with van der Waals surface area (Å²) in [6, 6.07) is 13.5. The molecule has 1 unspecified atom stereocenters. The van der Waals surface area contributed by atoms with Crippen LogP contribution in [0.15, 0.2) is 68.1 Å². The fourth-order valence-corrected chi connectivity index (χ4v) is 4.55. The summed E-state index contributed by atoms with van der Waals surface area (Å²) in [6.45, 7) is 1.91. The molecule has 0 bridgehead atoms. The van der Waals surface area contributed by atoms with E-state index in [2.05, 4.69) is 31.1 Å². The van der Waals surface area contributed by atoms with Crippen LogP contribution in [0.25, 0.3) is 10.4 Å². The molecule has 0 amide bonds. The highest BCUT2D eigenvalue weighted by Crippen LogP contribution is 2.28. The molecule has 2 aromatic carbocycles. The van der Waals surface area contributed by atoms with Gasteiger partial charge in [0.25, 0.3) is 10.0 Å². The Bertz CT molecular complexity index is 998. The zero-order chi connectivity index (χ0) is 18.7. The molecule has 134 valence electrons. The average Bonchev–Trinajstić information content (AvgIpc) is 3.05. The molecule has 0 aliphatic carbocycles. The number of sulfonamides is 1. The van der Waals surface area contributed by atoms with E-state index in [1.54, 1.807) is 24.3 Å². The largest absolute Gasteiger partial charge is 0.279 e. The third-order valence-corrected chi connectivity index (χ3v) is 6.27. The van der Waals surface area contributed by atoms with Gasteiger partial charge in [0.1, 0.15) is 0 Å². The Balaban J connectivity index is 2.02. The van der Waals surface area contributed by atoms with Crippen molar-refractivity contribution >= 4 is 31.7 Å². The zero-order valence-corrected chi connectivity index (χ0v) is 16.4. The van der Waals surface area contributed by atoms with Crippen molar-refractivity contribution < 1.29 is 8.42 Å². The van der Waals surface area contributed by atoms with E-state index in [0.717, 1.165) is 20.0 Å². The third-order valence-electron chi connectivity index (χ3n) is 4.04. The predicted octanol–water partition coefficient (Wildman–Crippen LogP) is 4.24. The summed E-state index contributed by atoms with van der Waals surface area (Å²) >= 11 is 3.41. The topological polar surface area (TPSA) is 98.5 Å². The first kappa shape index (κ1) is 18.4. The highest BCUT2D eigenvalue weighted by molar-refractivity contribution is 9.10. The number of hydrogen-bond acceptors (Lipinski definition) is 4. The summed E-state index contributed by atoms with van der Waals surface area (Å²) in [7, 11) is -3.84. The van der Waals surface area contributed by atoms with Crippen LogP contribution in [0.4, 0.5) is 0 Å². The minimum Gasteiger partial charge on any atom is -0.200 e. The lowest BCUT2D eigenvalue weighted by atomic mass is 10.0. The van der Waals surface area contributed by atoms with Crippen LogP contribution in [0.1, 0.15) is 17.5 Å². The molecular weight excluding hydrogens is 418 g/mol. The van der Waals surface area contributed by atoms with Gasteiger partial charge >= 0.3 is 0 Å². The van der Waals surface area contributed by atoms with E-state index < -0.39 is 16.1 Å². The second kappa shape index (κ2) is 7.49. The van der Waals surface area contributed by atoms with E-state index >= 15 is 0 Å². The Morgan fingerprint density at radius 1 is 1.31 bits per heavy atom. The van der Waals surface area contributed by atoms with Crippen LogP contribution in [0.3, 0.4) is 0 Å². The quantitative estimate of drug-likeness (QED) is 0.400. The lowest BCUT2D eigenvalue weighted by Gasteiger charge is -2.21. The molecule has 0 fully saturated rings. The third kappa shape index (κ3) is 3.75. The Labute approximate surface area is 160 Å². The second-order valence-electron chi connectivity index (χ2n) is 5.92. The normalized spacial score (nSPS) is 16.9. The molecule has 1 aliphatic heterocycles. The van der Waals surface area contributed by atoms with E-state index in [1.165, 1.54) is 0 Å². The average molecular weight is 434 g/mol. The van der Waals surface area contributed by atoms with E-state index in [9.17, 15) is 8.42 Å². The SMILES string of the molecule is Cc1ccc(S(=O)(=O)N2N=C(c3cccc(Br)c3)CC2CN=[N+]=[N-])cc1. The molecule has 0 aromatic heterocycles. The molecule has 0 saturated carbocycles. The van der Waals surface area contributed by atoms with Gasteiger partial charge < -0.3 is 0 Å². The van der Waals surface area contributed by atoms with Gasteiger partial charge in [-0.3, -0.25) is 0 Å². The fourth-order valence-electron chi connectivity index (χ4n) is 2.72. The number of aryl methyl sites for hydroxylation is 1. The van der Waals surface area contributed by atoms with E-state index in [4.69, 9.17) is 5.53 Å². The van der Waals surface area contributed by atoms with Crippen molar-refractivity contribution in [3.63, 3.8) is 0 Å². The van der Waals surface area contributed by atoms with Crippen molar-refractivity contribution in [2.24, 2.45) is 10.2 Å². The zero-order valence-electron chi connectivity index (χ0n) is 13.9. The second-order valence-corrected chi connectivity index (χ2v) is 8.63. The minimum absolute atomic E-state index is 0.0165. The molecule has 2 aromatic rings. The number of hydrazone groups is 1. The Hall–Kier alpha value is -2.35. The maximum Gasteiger partial charge on any atom is 0.279 e. The summed E-state index contributed by atoms with van der Waals surface area (Å²) in [5.74, 6) is 0. The number of azide groups is 1. The van der Waals surface area contributed by atoms with Crippen LogP contribution in [0.5, 0.6) is 0 Å². The molecule has 1 aliphatic rings. The number of benzene rings is 2. The van der Waals surface area contributed by atoms with Crippen LogP contribution in [-0.4, -0.2) is 31.1 Å². The number of rotatable bonds is 5. The van der Waals surface area contributed by atoms with E-state index in [-0.39, 0.29) is 11.4 Å². The number of nitrogens with zero attached hydrogens (tertiary/aromatic N) is 5. The lowest BCUT2D eigenvalue weighted by Crippen LogP contribution is -2.34. The highest BCUT2D eigenvalue weighted by Gasteiger charge is 2.36. The van der Waals surface area contributed by atoms with E-state index in [1.807, 2.05) is 31.2 Å². The van der Waals surface area contributed by atoms with Crippen LogP contribution in [0, 0.1) is 6.92 Å². The van der Waals surface area contributed by atoms with Gasteiger partial charge in [0, 0.05) is 22.4 Å². The van der Waals surface area contributed by atoms with Crippen molar-refractivity contribution in [1.29, 1.82) is 0 Å². The Morgan fingerprint density at radius 3 is 2.69 bits per heavy atom. The van der Waals surface area contributed by atoms with Gasteiger partial charge in [-0.1, -0.05) is 50.9 Å². The molecular formula is C17H16BrN5O2S. The van der Waals surface area contributed by atoms with Crippen LogP contribution < -0.4 is 0 Å². The van der Waals surface area contributed by atoms with Gasteiger partial charge in [0.05, 0.1) is 16.6 Å². The van der Waals surface area contributed by atoms with Gasteiger partial charge in [-0.15, -0.1) is 0 Å². The van der Waals surface area contributed by atoms with Crippen LogP contribution in [-0.2, 0) is 10.0 Å². The number of hydrogen-bond donors (Lipinski definition) is 0. The van der Waals surface area contributed by atoms with Crippen molar-refractivity contribution in [3.05, 3.63) is 74.6 Å². The van der Waals surface area contributed by atoms with Crippen LogP contribution >= 0.6 is 15.9 Å².